The van der Waals surface area contributed by atoms with Crippen molar-refractivity contribution in [3.05, 3.63) is 33.3 Å². The smallest absolute Gasteiger partial charge is 0.334 e. The summed E-state index contributed by atoms with van der Waals surface area (Å²) in [4.78, 5) is 24.6. The van der Waals surface area contributed by atoms with Crippen LogP contribution >= 0.6 is 27.5 Å². The van der Waals surface area contributed by atoms with Gasteiger partial charge in [0.15, 0.2) is 6.10 Å². The van der Waals surface area contributed by atoms with E-state index >= 15 is 0 Å². The SMILES string of the molecule is O=C(O)[C@H]1CN(C(=O)c2cc(Br)ccc2Cl)CCO1. The molecule has 1 aromatic rings. The molecule has 1 aliphatic heterocycles. The lowest BCUT2D eigenvalue weighted by Gasteiger charge is -2.31. The number of halogens is 2. The van der Waals surface area contributed by atoms with Crippen molar-refractivity contribution in [2.45, 2.75) is 6.10 Å². The fraction of sp³-hybridized carbons (Fsp3) is 0.333. The van der Waals surface area contributed by atoms with Crippen molar-refractivity contribution < 1.29 is 19.4 Å². The average Bonchev–Trinajstić information content (AvgIpc) is 2.41. The van der Waals surface area contributed by atoms with Crippen LogP contribution < -0.4 is 0 Å². The van der Waals surface area contributed by atoms with Gasteiger partial charge in [0.05, 0.1) is 23.7 Å². The molecule has 1 atom stereocenters. The topological polar surface area (TPSA) is 66.8 Å². The number of ether oxygens (including phenoxy) is 1. The van der Waals surface area contributed by atoms with Crippen LogP contribution in [0.1, 0.15) is 10.4 Å². The third kappa shape index (κ3) is 3.26. The van der Waals surface area contributed by atoms with Gasteiger partial charge in [0.1, 0.15) is 0 Å². The monoisotopic (exact) mass is 347 g/mol. The molecule has 1 amide bonds. The lowest BCUT2D eigenvalue weighted by atomic mass is 10.1. The van der Waals surface area contributed by atoms with E-state index in [1.807, 2.05) is 0 Å². The summed E-state index contributed by atoms with van der Waals surface area (Å²) in [6, 6.07) is 4.97. The van der Waals surface area contributed by atoms with Gasteiger partial charge in [0.25, 0.3) is 5.91 Å². The first kappa shape index (κ1) is 14.3. The number of amides is 1. The minimum absolute atomic E-state index is 0.0248. The lowest BCUT2D eigenvalue weighted by Crippen LogP contribution is -2.48. The molecule has 0 radical (unpaired) electrons. The number of morpholine rings is 1. The zero-order chi connectivity index (χ0) is 14.0. The summed E-state index contributed by atoms with van der Waals surface area (Å²) in [5.74, 6) is -1.36. The Morgan fingerprint density at radius 3 is 2.89 bits per heavy atom. The number of hydrogen-bond donors (Lipinski definition) is 1. The second-order valence-corrected chi connectivity index (χ2v) is 5.40. The van der Waals surface area contributed by atoms with Gasteiger partial charge in [0, 0.05) is 11.0 Å². The molecular formula is C12H11BrClNO4. The molecule has 1 aliphatic rings. The molecule has 1 fully saturated rings. The van der Waals surface area contributed by atoms with Crippen molar-refractivity contribution in [3.63, 3.8) is 0 Å². The molecule has 0 saturated carbocycles. The largest absolute Gasteiger partial charge is 0.479 e. The van der Waals surface area contributed by atoms with Gasteiger partial charge in [-0.3, -0.25) is 4.79 Å². The maximum atomic E-state index is 12.3. The summed E-state index contributed by atoms with van der Waals surface area (Å²) in [5.41, 5.74) is 0.349. The van der Waals surface area contributed by atoms with Crippen molar-refractivity contribution in [1.29, 1.82) is 0 Å². The molecular weight excluding hydrogens is 337 g/mol. The second kappa shape index (κ2) is 5.90. The minimum Gasteiger partial charge on any atom is -0.479 e. The quantitative estimate of drug-likeness (QED) is 0.888. The third-order valence-electron chi connectivity index (χ3n) is 2.79. The van der Waals surface area contributed by atoms with E-state index in [0.29, 0.717) is 17.1 Å². The Morgan fingerprint density at radius 2 is 2.21 bits per heavy atom. The Labute approximate surface area is 123 Å². The number of benzene rings is 1. The van der Waals surface area contributed by atoms with E-state index in [0.717, 1.165) is 4.47 Å². The van der Waals surface area contributed by atoms with E-state index in [9.17, 15) is 9.59 Å². The summed E-state index contributed by atoms with van der Waals surface area (Å²) >= 11 is 9.27. The molecule has 19 heavy (non-hydrogen) atoms. The predicted octanol–water partition coefficient (Wildman–Crippen LogP) is 2.03. The molecule has 0 bridgehead atoms. The van der Waals surface area contributed by atoms with Crippen LogP contribution in [0.5, 0.6) is 0 Å². The molecule has 0 spiro atoms. The molecule has 0 aliphatic carbocycles. The molecule has 7 heteroatoms. The number of rotatable bonds is 2. The number of carbonyl (C=O) groups is 2. The van der Waals surface area contributed by atoms with Crippen LogP contribution in [-0.4, -0.2) is 47.7 Å². The van der Waals surface area contributed by atoms with Crippen molar-refractivity contribution in [2.75, 3.05) is 19.7 Å². The van der Waals surface area contributed by atoms with Crippen LogP contribution in [0.2, 0.25) is 5.02 Å². The number of nitrogens with zero attached hydrogens (tertiary/aromatic N) is 1. The lowest BCUT2D eigenvalue weighted by molar-refractivity contribution is -0.154. The molecule has 1 saturated heterocycles. The highest BCUT2D eigenvalue weighted by atomic mass is 79.9. The molecule has 1 N–H and O–H groups in total. The van der Waals surface area contributed by atoms with Crippen LogP contribution in [0.25, 0.3) is 0 Å². The predicted molar refractivity (Wildman–Crippen MR) is 72.4 cm³/mol. The van der Waals surface area contributed by atoms with E-state index < -0.39 is 12.1 Å². The standard InChI is InChI=1S/C12H11BrClNO4/c13-7-1-2-9(14)8(5-7)11(16)15-3-4-19-10(6-15)12(17)18/h1-2,5,10H,3-4,6H2,(H,17,18)/t10-/m1/s1. The molecule has 5 nitrogen and oxygen atoms in total. The maximum Gasteiger partial charge on any atom is 0.334 e. The van der Waals surface area contributed by atoms with Gasteiger partial charge in [-0.2, -0.15) is 0 Å². The van der Waals surface area contributed by atoms with Crippen LogP contribution in [0.3, 0.4) is 0 Å². The fourth-order valence-electron chi connectivity index (χ4n) is 1.81. The van der Waals surface area contributed by atoms with E-state index in [1.165, 1.54) is 4.90 Å². The summed E-state index contributed by atoms with van der Waals surface area (Å²) in [7, 11) is 0. The third-order valence-corrected chi connectivity index (χ3v) is 3.61. The van der Waals surface area contributed by atoms with Gasteiger partial charge < -0.3 is 14.7 Å². The van der Waals surface area contributed by atoms with Crippen LogP contribution in [0.4, 0.5) is 0 Å². The first-order valence-corrected chi connectivity index (χ1v) is 6.75. The van der Waals surface area contributed by atoms with Crippen molar-refractivity contribution in [3.8, 4) is 0 Å². The highest BCUT2D eigenvalue weighted by Crippen LogP contribution is 2.23. The number of aliphatic carboxylic acids is 1. The highest BCUT2D eigenvalue weighted by molar-refractivity contribution is 9.10. The number of carboxylic acid groups (broad SMARTS) is 1. The Morgan fingerprint density at radius 1 is 1.47 bits per heavy atom. The normalized spacial score (nSPS) is 19.3. The Hall–Kier alpha value is -1.11. The second-order valence-electron chi connectivity index (χ2n) is 4.07. The van der Waals surface area contributed by atoms with Gasteiger partial charge in [0.2, 0.25) is 0 Å². The van der Waals surface area contributed by atoms with Gasteiger partial charge >= 0.3 is 5.97 Å². The first-order chi connectivity index (χ1) is 8.99. The van der Waals surface area contributed by atoms with Crippen molar-refractivity contribution in [1.82, 2.24) is 4.90 Å². The molecule has 2 rings (SSSR count). The van der Waals surface area contributed by atoms with Crippen LogP contribution in [0.15, 0.2) is 22.7 Å². The molecule has 0 aromatic heterocycles. The molecule has 0 unspecified atom stereocenters. The highest BCUT2D eigenvalue weighted by Gasteiger charge is 2.30. The van der Waals surface area contributed by atoms with Crippen molar-refractivity contribution in [2.24, 2.45) is 0 Å². The summed E-state index contributed by atoms with van der Waals surface area (Å²) < 4.78 is 5.81. The fourth-order valence-corrected chi connectivity index (χ4v) is 2.37. The van der Waals surface area contributed by atoms with E-state index in [1.54, 1.807) is 18.2 Å². The molecule has 102 valence electrons. The summed E-state index contributed by atoms with van der Waals surface area (Å²) in [6.45, 7) is 0.580. The Balaban J connectivity index is 2.19. The Kier molecular flexibility index (Phi) is 4.44. The van der Waals surface area contributed by atoms with E-state index in [4.69, 9.17) is 21.4 Å². The molecule has 1 aromatic carbocycles. The van der Waals surface area contributed by atoms with E-state index in [2.05, 4.69) is 15.9 Å². The van der Waals surface area contributed by atoms with Gasteiger partial charge in [-0.15, -0.1) is 0 Å². The number of carboxylic acids is 1. The number of hydrogen-bond acceptors (Lipinski definition) is 3. The van der Waals surface area contributed by atoms with E-state index in [-0.39, 0.29) is 19.1 Å². The average molecular weight is 349 g/mol. The molecule has 1 heterocycles. The van der Waals surface area contributed by atoms with Gasteiger partial charge in [-0.05, 0) is 18.2 Å². The summed E-state index contributed by atoms with van der Waals surface area (Å²) in [5, 5.41) is 9.25. The maximum absolute atomic E-state index is 12.3. The van der Waals surface area contributed by atoms with Gasteiger partial charge in [-0.1, -0.05) is 27.5 Å². The summed E-state index contributed by atoms with van der Waals surface area (Å²) in [6.07, 6.45) is -0.983. The first-order valence-electron chi connectivity index (χ1n) is 5.58. The minimum atomic E-state index is -1.07. The number of carbonyl (C=O) groups excluding carboxylic acids is 1. The Bertz CT molecular complexity index is 522. The zero-order valence-electron chi connectivity index (χ0n) is 9.81. The van der Waals surface area contributed by atoms with Crippen LogP contribution in [0, 0.1) is 0 Å². The van der Waals surface area contributed by atoms with Crippen LogP contribution in [-0.2, 0) is 9.53 Å². The van der Waals surface area contributed by atoms with Gasteiger partial charge in [-0.25, -0.2) is 4.79 Å². The van der Waals surface area contributed by atoms with Crippen molar-refractivity contribution >= 4 is 39.4 Å². The zero-order valence-corrected chi connectivity index (χ0v) is 12.1.